The average molecular weight is 247 g/mol. The molecule has 2 aromatic heterocycles. The fraction of sp³-hybridized carbons (Fsp3) is 0.500. The molecule has 4 nitrogen and oxygen atoms in total. The summed E-state index contributed by atoms with van der Waals surface area (Å²) in [5.74, 6) is 0.899. The monoisotopic (exact) mass is 247 g/mol. The Morgan fingerprint density at radius 1 is 1.33 bits per heavy atom. The van der Waals surface area contributed by atoms with Crippen molar-refractivity contribution in [2.24, 2.45) is 0 Å². The van der Waals surface area contributed by atoms with Gasteiger partial charge in [0.2, 0.25) is 0 Å². The highest BCUT2D eigenvalue weighted by Gasteiger charge is 2.10. The molecule has 0 aliphatic heterocycles. The minimum atomic E-state index is 0.899. The number of H-pyrrole nitrogens is 1. The Hall–Kier alpha value is -1.55. The van der Waals surface area contributed by atoms with E-state index in [0.717, 1.165) is 42.8 Å². The van der Waals surface area contributed by atoms with Crippen LogP contribution in [0, 0.1) is 0 Å². The van der Waals surface area contributed by atoms with Crippen molar-refractivity contribution in [2.75, 3.05) is 26.7 Å². The lowest BCUT2D eigenvalue weighted by atomic mass is 10.1. The Balaban J connectivity index is 2.23. The number of aromatic amines is 1. The van der Waals surface area contributed by atoms with Crippen molar-refractivity contribution < 1.29 is 4.74 Å². The number of methoxy groups -OCH3 is 1. The molecule has 0 radical (unpaired) electrons. The van der Waals surface area contributed by atoms with Crippen molar-refractivity contribution in [3.8, 4) is 5.75 Å². The number of rotatable bonds is 6. The standard InChI is InChI=1S/C14H21N3O/c1-4-17(5-2)9-7-11-10-16-14-13(11)12(18-3)6-8-15-14/h6,8,10H,4-5,7,9H2,1-3H3,(H,15,16). The van der Waals surface area contributed by atoms with Crippen molar-refractivity contribution in [3.05, 3.63) is 24.0 Å². The second kappa shape index (κ2) is 5.87. The summed E-state index contributed by atoms with van der Waals surface area (Å²) in [7, 11) is 1.70. The first kappa shape index (κ1) is 12.9. The van der Waals surface area contributed by atoms with Gasteiger partial charge in [0.25, 0.3) is 0 Å². The molecule has 0 fully saturated rings. The lowest BCUT2D eigenvalue weighted by Crippen LogP contribution is -2.25. The van der Waals surface area contributed by atoms with Crippen LogP contribution in [-0.4, -0.2) is 41.6 Å². The van der Waals surface area contributed by atoms with E-state index in [4.69, 9.17) is 4.74 Å². The van der Waals surface area contributed by atoms with Crippen LogP contribution in [0.5, 0.6) is 5.75 Å². The molecule has 0 aliphatic rings. The smallest absolute Gasteiger partial charge is 0.141 e. The Labute approximate surface area is 108 Å². The first-order valence-electron chi connectivity index (χ1n) is 6.51. The van der Waals surface area contributed by atoms with Crippen molar-refractivity contribution in [1.29, 1.82) is 0 Å². The number of aromatic nitrogens is 2. The normalized spacial score (nSPS) is 11.3. The van der Waals surface area contributed by atoms with Gasteiger partial charge < -0.3 is 14.6 Å². The maximum Gasteiger partial charge on any atom is 0.141 e. The molecular formula is C14H21N3O. The van der Waals surface area contributed by atoms with E-state index in [9.17, 15) is 0 Å². The molecule has 0 spiro atoms. The van der Waals surface area contributed by atoms with Gasteiger partial charge in [-0.3, -0.25) is 0 Å². The first-order chi connectivity index (χ1) is 8.80. The minimum Gasteiger partial charge on any atom is -0.496 e. The van der Waals surface area contributed by atoms with Crippen LogP contribution >= 0.6 is 0 Å². The highest BCUT2D eigenvalue weighted by Crippen LogP contribution is 2.27. The summed E-state index contributed by atoms with van der Waals surface area (Å²) in [6, 6.07) is 1.91. The highest BCUT2D eigenvalue weighted by atomic mass is 16.5. The van der Waals surface area contributed by atoms with Crippen molar-refractivity contribution in [3.63, 3.8) is 0 Å². The van der Waals surface area contributed by atoms with Crippen LogP contribution in [0.1, 0.15) is 19.4 Å². The van der Waals surface area contributed by atoms with Crippen LogP contribution in [0.25, 0.3) is 11.0 Å². The molecule has 2 rings (SSSR count). The van der Waals surface area contributed by atoms with E-state index >= 15 is 0 Å². The van der Waals surface area contributed by atoms with Crippen molar-refractivity contribution in [2.45, 2.75) is 20.3 Å². The van der Waals surface area contributed by atoms with Crippen molar-refractivity contribution >= 4 is 11.0 Å². The predicted octanol–water partition coefficient (Wildman–Crippen LogP) is 2.46. The molecule has 2 heterocycles. The average Bonchev–Trinajstić information content (AvgIpc) is 2.83. The van der Waals surface area contributed by atoms with E-state index in [1.807, 2.05) is 12.3 Å². The fourth-order valence-electron chi connectivity index (χ4n) is 2.28. The number of ether oxygens (including phenoxy) is 1. The van der Waals surface area contributed by atoms with Gasteiger partial charge in [-0.2, -0.15) is 0 Å². The number of nitrogens with zero attached hydrogens (tertiary/aromatic N) is 2. The van der Waals surface area contributed by atoms with E-state index in [0.29, 0.717) is 0 Å². The number of hydrogen-bond donors (Lipinski definition) is 1. The van der Waals surface area contributed by atoms with Crippen LogP contribution in [0.4, 0.5) is 0 Å². The molecule has 0 amide bonds. The Morgan fingerprint density at radius 3 is 2.78 bits per heavy atom. The Kier molecular flexibility index (Phi) is 4.20. The van der Waals surface area contributed by atoms with Gasteiger partial charge in [-0.25, -0.2) is 4.98 Å². The van der Waals surface area contributed by atoms with Crippen LogP contribution < -0.4 is 4.74 Å². The maximum atomic E-state index is 5.41. The zero-order valence-corrected chi connectivity index (χ0v) is 11.4. The summed E-state index contributed by atoms with van der Waals surface area (Å²) >= 11 is 0. The third-order valence-electron chi connectivity index (χ3n) is 3.43. The Morgan fingerprint density at radius 2 is 2.11 bits per heavy atom. The summed E-state index contributed by atoms with van der Waals surface area (Å²) in [4.78, 5) is 9.96. The third kappa shape index (κ3) is 2.48. The van der Waals surface area contributed by atoms with Gasteiger partial charge in [-0.05, 0) is 31.1 Å². The molecule has 0 unspecified atom stereocenters. The van der Waals surface area contributed by atoms with E-state index in [1.165, 1.54) is 5.56 Å². The highest BCUT2D eigenvalue weighted by molar-refractivity contribution is 5.86. The van der Waals surface area contributed by atoms with Gasteiger partial charge in [0.05, 0.1) is 12.5 Å². The number of nitrogens with one attached hydrogen (secondary N) is 1. The molecule has 2 aromatic rings. The minimum absolute atomic E-state index is 0.899. The second-order valence-corrected chi connectivity index (χ2v) is 4.33. The summed E-state index contributed by atoms with van der Waals surface area (Å²) < 4.78 is 5.41. The molecule has 1 N–H and O–H groups in total. The molecule has 98 valence electrons. The topological polar surface area (TPSA) is 41.2 Å². The molecular weight excluding hydrogens is 226 g/mol. The molecule has 4 heteroatoms. The molecule has 0 atom stereocenters. The Bertz CT molecular complexity index is 503. The lowest BCUT2D eigenvalue weighted by Gasteiger charge is -2.17. The zero-order valence-electron chi connectivity index (χ0n) is 11.4. The van der Waals surface area contributed by atoms with Crippen LogP contribution in [0.2, 0.25) is 0 Å². The molecule has 0 saturated heterocycles. The largest absolute Gasteiger partial charge is 0.496 e. The molecule has 18 heavy (non-hydrogen) atoms. The third-order valence-corrected chi connectivity index (χ3v) is 3.43. The number of pyridine rings is 1. The summed E-state index contributed by atoms with van der Waals surface area (Å²) in [5, 5.41) is 1.12. The fourth-order valence-corrected chi connectivity index (χ4v) is 2.28. The van der Waals surface area contributed by atoms with Gasteiger partial charge in [0, 0.05) is 18.9 Å². The van der Waals surface area contributed by atoms with Gasteiger partial charge in [-0.15, -0.1) is 0 Å². The number of fused-ring (bicyclic) bond motifs is 1. The first-order valence-corrected chi connectivity index (χ1v) is 6.51. The molecule has 0 saturated carbocycles. The van der Waals surface area contributed by atoms with Crippen molar-refractivity contribution in [1.82, 2.24) is 14.9 Å². The maximum absolute atomic E-state index is 5.41. The van der Waals surface area contributed by atoms with Crippen LogP contribution in [0.3, 0.4) is 0 Å². The lowest BCUT2D eigenvalue weighted by molar-refractivity contribution is 0.308. The predicted molar refractivity (Wildman–Crippen MR) is 74.1 cm³/mol. The van der Waals surface area contributed by atoms with Gasteiger partial charge in [-0.1, -0.05) is 13.8 Å². The van der Waals surface area contributed by atoms with Crippen LogP contribution in [-0.2, 0) is 6.42 Å². The summed E-state index contributed by atoms with van der Waals surface area (Å²) in [6.45, 7) is 7.64. The SMILES string of the molecule is CCN(CC)CCc1c[nH]c2nccc(OC)c12. The van der Waals surface area contributed by atoms with Gasteiger partial charge in [0.1, 0.15) is 11.4 Å². The van der Waals surface area contributed by atoms with Crippen LogP contribution in [0.15, 0.2) is 18.5 Å². The zero-order chi connectivity index (χ0) is 13.0. The van der Waals surface area contributed by atoms with Gasteiger partial charge >= 0.3 is 0 Å². The van der Waals surface area contributed by atoms with E-state index in [2.05, 4.69) is 28.7 Å². The summed E-state index contributed by atoms with van der Waals surface area (Å²) in [6.07, 6.45) is 4.83. The van der Waals surface area contributed by atoms with Gasteiger partial charge in [0.15, 0.2) is 0 Å². The molecule has 0 aromatic carbocycles. The van der Waals surface area contributed by atoms with E-state index in [1.54, 1.807) is 13.3 Å². The van der Waals surface area contributed by atoms with E-state index in [-0.39, 0.29) is 0 Å². The quantitative estimate of drug-likeness (QED) is 0.852. The summed E-state index contributed by atoms with van der Waals surface area (Å²) in [5.41, 5.74) is 2.19. The molecule has 0 aliphatic carbocycles. The number of likely N-dealkylation sites (N-methyl/N-ethyl adjacent to an activating group) is 1. The van der Waals surface area contributed by atoms with E-state index < -0.39 is 0 Å². The number of hydrogen-bond acceptors (Lipinski definition) is 3. The molecule has 0 bridgehead atoms. The second-order valence-electron chi connectivity index (χ2n) is 4.33.